The Morgan fingerprint density at radius 1 is 1.38 bits per heavy atom. The number of nitrogen functional groups attached to an aromatic ring is 1. The van der Waals surface area contributed by atoms with E-state index in [1.54, 1.807) is 6.20 Å². The summed E-state index contributed by atoms with van der Waals surface area (Å²) >= 11 is 0. The third-order valence-electron chi connectivity index (χ3n) is 5.00. The molecule has 1 unspecified atom stereocenters. The Kier molecular flexibility index (Phi) is 5.59. The molecule has 0 radical (unpaired) electrons. The van der Waals surface area contributed by atoms with Gasteiger partial charge in [-0.15, -0.1) is 0 Å². The summed E-state index contributed by atoms with van der Waals surface area (Å²) in [4.78, 5) is 6.67. The average molecular weight is 290 g/mol. The molecule has 0 aromatic carbocycles. The van der Waals surface area contributed by atoms with E-state index < -0.39 is 0 Å². The van der Waals surface area contributed by atoms with Crippen molar-refractivity contribution in [3.8, 4) is 0 Å². The summed E-state index contributed by atoms with van der Waals surface area (Å²) < 4.78 is 0. The second-order valence-corrected chi connectivity index (χ2v) is 6.46. The van der Waals surface area contributed by atoms with Crippen LogP contribution >= 0.6 is 0 Å². The fraction of sp³-hybridized carbons (Fsp3) is 0.706. The lowest BCUT2D eigenvalue weighted by atomic mass is 9.83. The van der Waals surface area contributed by atoms with Crippen LogP contribution in [0.1, 0.15) is 44.6 Å². The lowest BCUT2D eigenvalue weighted by molar-refractivity contribution is 0.104. The van der Waals surface area contributed by atoms with Gasteiger partial charge < -0.3 is 16.0 Å². The van der Waals surface area contributed by atoms with Crippen molar-refractivity contribution >= 4 is 5.82 Å². The van der Waals surface area contributed by atoms with Crippen molar-refractivity contribution in [3.63, 3.8) is 0 Å². The Labute approximate surface area is 129 Å². The Hall–Kier alpha value is -1.13. The molecule has 2 rings (SSSR count). The molecule has 1 aromatic heterocycles. The van der Waals surface area contributed by atoms with Crippen molar-refractivity contribution in [2.45, 2.75) is 57.0 Å². The van der Waals surface area contributed by atoms with Gasteiger partial charge in [0, 0.05) is 17.8 Å². The molecule has 0 spiro atoms. The highest BCUT2D eigenvalue weighted by Crippen LogP contribution is 2.38. The van der Waals surface area contributed by atoms with Gasteiger partial charge in [-0.1, -0.05) is 25.8 Å². The van der Waals surface area contributed by atoms with Crippen molar-refractivity contribution in [2.75, 3.05) is 26.4 Å². The smallest absolute Gasteiger partial charge is 0.126 e. The quantitative estimate of drug-likeness (QED) is 0.810. The fourth-order valence-corrected chi connectivity index (χ4v) is 3.71. The van der Waals surface area contributed by atoms with E-state index in [1.807, 2.05) is 6.07 Å². The van der Waals surface area contributed by atoms with Gasteiger partial charge >= 0.3 is 0 Å². The van der Waals surface area contributed by atoms with E-state index in [1.165, 1.54) is 31.2 Å². The summed E-state index contributed by atoms with van der Waals surface area (Å²) in [6.07, 6.45) is 9.06. The maximum Gasteiger partial charge on any atom is 0.126 e. The molecule has 1 aromatic rings. The van der Waals surface area contributed by atoms with Crippen LogP contribution in [-0.2, 0) is 6.42 Å². The van der Waals surface area contributed by atoms with Crippen molar-refractivity contribution in [1.29, 1.82) is 0 Å². The van der Waals surface area contributed by atoms with E-state index in [9.17, 15) is 0 Å². The number of nitrogens with zero attached hydrogens (tertiary/aromatic N) is 2. The first kappa shape index (κ1) is 16.2. The highest BCUT2D eigenvalue weighted by molar-refractivity contribution is 5.39. The molecule has 0 saturated heterocycles. The minimum Gasteiger partial charge on any atom is -0.383 e. The molecule has 1 atom stereocenters. The molecule has 1 saturated carbocycles. The van der Waals surface area contributed by atoms with Crippen LogP contribution in [0.2, 0.25) is 0 Å². The van der Waals surface area contributed by atoms with E-state index in [0.29, 0.717) is 11.9 Å². The molecular weight excluding hydrogens is 260 g/mol. The van der Waals surface area contributed by atoms with Crippen LogP contribution in [0.3, 0.4) is 0 Å². The van der Waals surface area contributed by atoms with Gasteiger partial charge in [-0.05, 0) is 58.0 Å². The number of rotatable bonds is 7. The third-order valence-corrected chi connectivity index (χ3v) is 5.00. The molecule has 21 heavy (non-hydrogen) atoms. The molecule has 4 nitrogen and oxygen atoms in total. The number of likely N-dealkylation sites (N-methyl/N-ethyl adjacent to an activating group) is 1. The summed E-state index contributed by atoms with van der Waals surface area (Å²) in [5, 5.41) is 3.78. The highest BCUT2D eigenvalue weighted by atomic mass is 15.2. The summed E-state index contributed by atoms with van der Waals surface area (Å²) in [7, 11) is 4.44. The molecule has 0 bridgehead atoms. The Morgan fingerprint density at radius 3 is 2.67 bits per heavy atom. The molecule has 1 aliphatic rings. The summed E-state index contributed by atoms with van der Waals surface area (Å²) in [6.45, 7) is 3.28. The van der Waals surface area contributed by atoms with Gasteiger partial charge in [0.1, 0.15) is 5.82 Å². The SMILES string of the molecule is CCCNC(Cc1cccnc1N)C1(N(C)C)CCCC1. The normalized spacial score (nSPS) is 19.0. The monoisotopic (exact) mass is 290 g/mol. The predicted molar refractivity (Wildman–Crippen MR) is 89.3 cm³/mol. The lowest BCUT2D eigenvalue weighted by Gasteiger charge is -2.44. The Balaban J connectivity index is 2.23. The molecule has 0 aliphatic heterocycles. The van der Waals surface area contributed by atoms with Crippen LogP contribution in [0.5, 0.6) is 0 Å². The zero-order valence-electron chi connectivity index (χ0n) is 13.7. The number of anilines is 1. The van der Waals surface area contributed by atoms with Crippen molar-refractivity contribution in [3.05, 3.63) is 23.9 Å². The number of aromatic nitrogens is 1. The van der Waals surface area contributed by atoms with E-state index in [-0.39, 0.29) is 5.54 Å². The van der Waals surface area contributed by atoms with E-state index >= 15 is 0 Å². The summed E-state index contributed by atoms with van der Waals surface area (Å²) in [5.41, 5.74) is 7.48. The number of nitrogens with two attached hydrogens (primary N) is 1. The van der Waals surface area contributed by atoms with Crippen LogP contribution in [0, 0.1) is 0 Å². The first-order valence-corrected chi connectivity index (χ1v) is 8.20. The van der Waals surface area contributed by atoms with Gasteiger partial charge in [0.25, 0.3) is 0 Å². The maximum atomic E-state index is 6.06. The van der Waals surface area contributed by atoms with Crippen molar-refractivity contribution < 1.29 is 0 Å². The minimum absolute atomic E-state index is 0.247. The molecule has 1 fully saturated rings. The van der Waals surface area contributed by atoms with Gasteiger partial charge in [0.15, 0.2) is 0 Å². The predicted octanol–water partition coefficient (Wildman–Crippen LogP) is 2.45. The van der Waals surface area contributed by atoms with Gasteiger partial charge in [-0.3, -0.25) is 0 Å². The van der Waals surface area contributed by atoms with Gasteiger partial charge in [-0.25, -0.2) is 4.98 Å². The fourth-order valence-electron chi connectivity index (χ4n) is 3.71. The minimum atomic E-state index is 0.247. The Morgan fingerprint density at radius 2 is 2.10 bits per heavy atom. The molecule has 3 N–H and O–H groups in total. The van der Waals surface area contributed by atoms with E-state index in [4.69, 9.17) is 5.73 Å². The number of hydrogen-bond donors (Lipinski definition) is 2. The topological polar surface area (TPSA) is 54.2 Å². The standard InChI is InChI=1S/C17H30N4/c1-4-11-19-15(13-14-8-7-12-20-16(14)18)17(21(2)3)9-5-6-10-17/h7-8,12,15,19H,4-6,9-11,13H2,1-3H3,(H2,18,20). The van der Waals surface area contributed by atoms with Crippen LogP contribution in [0.25, 0.3) is 0 Å². The second kappa shape index (κ2) is 7.23. The molecule has 118 valence electrons. The zero-order valence-corrected chi connectivity index (χ0v) is 13.7. The highest BCUT2D eigenvalue weighted by Gasteiger charge is 2.42. The molecule has 0 amide bonds. The lowest BCUT2D eigenvalue weighted by Crippen LogP contribution is -2.58. The van der Waals surface area contributed by atoms with Crippen LogP contribution in [-0.4, -0.2) is 42.1 Å². The van der Waals surface area contributed by atoms with Crippen LogP contribution in [0.15, 0.2) is 18.3 Å². The zero-order chi connectivity index (χ0) is 15.3. The number of pyridine rings is 1. The third kappa shape index (κ3) is 3.55. The van der Waals surface area contributed by atoms with Gasteiger partial charge in [0.05, 0.1) is 0 Å². The second-order valence-electron chi connectivity index (χ2n) is 6.46. The summed E-state index contributed by atoms with van der Waals surface area (Å²) in [6, 6.07) is 4.53. The molecular formula is C17H30N4. The van der Waals surface area contributed by atoms with E-state index in [2.05, 4.69) is 42.3 Å². The largest absolute Gasteiger partial charge is 0.383 e. The Bertz CT molecular complexity index is 438. The number of hydrogen-bond acceptors (Lipinski definition) is 4. The molecule has 1 aliphatic carbocycles. The van der Waals surface area contributed by atoms with Gasteiger partial charge in [-0.2, -0.15) is 0 Å². The van der Waals surface area contributed by atoms with Crippen LogP contribution < -0.4 is 11.1 Å². The summed E-state index contributed by atoms with van der Waals surface area (Å²) in [5.74, 6) is 0.674. The number of nitrogens with one attached hydrogen (secondary N) is 1. The first-order chi connectivity index (χ1) is 10.1. The van der Waals surface area contributed by atoms with Crippen molar-refractivity contribution in [1.82, 2.24) is 15.2 Å². The van der Waals surface area contributed by atoms with Gasteiger partial charge in [0.2, 0.25) is 0 Å². The molecule has 4 heteroatoms. The average Bonchev–Trinajstić information content (AvgIpc) is 2.96. The van der Waals surface area contributed by atoms with Crippen molar-refractivity contribution in [2.24, 2.45) is 0 Å². The van der Waals surface area contributed by atoms with Crippen LogP contribution in [0.4, 0.5) is 5.82 Å². The van der Waals surface area contributed by atoms with E-state index in [0.717, 1.165) is 19.4 Å². The maximum absolute atomic E-state index is 6.06. The first-order valence-electron chi connectivity index (χ1n) is 8.20. The molecule has 1 heterocycles.